The van der Waals surface area contributed by atoms with Crippen molar-refractivity contribution in [2.45, 2.75) is 37.6 Å². The lowest BCUT2D eigenvalue weighted by Gasteiger charge is -2.46. The number of aliphatic hydroxyl groups excluding tert-OH is 2. The summed E-state index contributed by atoms with van der Waals surface area (Å²) in [5.41, 5.74) is -1.47. The number of ketones is 1. The summed E-state index contributed by atoms with van der Waals surface area (Å²) in [6.07, 6.45) is -2.19. The fraction of sp³-hybridized carbons (Fsp3) is 0.533. The molecule has 2 aliphatic rings. The largest absolute Gasteiger partial charge is 0.508 e. The van der Waals surface area contributed by atoms with Crippen LogP contribution in [0.4, 0.5) is 0 Å². The predicted octanol–water partition coefficient (Wildman–Crippen LogP) is 0.466. The number of Topliss-reactive ketones (excluding diaryl/α,β-unsaturated/α-hetero) is 1. The highest BCUT2D eigenvalue weighted by molar-refractivity contribution is 6.03. The zero-order valence-corrected chi connectivity index (χ0v) is 11.5. The minimum Gasteiger partial charge on any atom is -0.508 e. The summed E-state index contributed by atoms with van der Waals surface area (Å²) in [5, 5.41) is 50.4. The van der Waals surface area contributed by atoms with E-state index in [0.717, 1.165) is 0 Å². The molecular formula is C15H18O6. The molecule has 0 aromatic heterocycles. The van der Waals surface area contributed by atoms with Crippen LogP contribution in [-0.2, 0) is 0 Å². The van der Waals surface area contributed by atoms with Crippen molar-refractivity contribution in [3.05, 3.63) is 23.3 Å². The number of carbonyl (C=O) groups is 1. The molecule has 2 aliphatic carbocycles. The molecule has 0 unspecified atom stereocenters. The van der Waals surface area contributed by atoms with Gasteiger partial charge in [0.15, 0.2) is 5.78 Å². The molecule has 0 saturated heterocycles. The second kappa shape index (κ2) is 4.43. The summed E-state index contributed by atoms with van der Waals surface area (Å²) in [6, 6.07) is 2.43. The van der Waals surface area contributed by atoms with Crippen LogP contribution in [0.2, 0.25) is 0 Å². The van der Waals surface area contributed by atoms with Crippen LogP contribution < -0.4 is 0 Å². The van der Waals surface area contributed by atoms with Gasteiger partial charge in [0.2, 0.25) is 0 Å². The lowest BCUT2D eigenvalue weighted by molar-refractivity contribution is -0.131. The number of phenolic OH excluding ortho intramolecular Hbond substituents is 2. The van der Waals surface area contributed by atoms with E-state index >= 15 is 0 Å². The maximum atomic E-state index is 12.6. The molecule has 0 spiro atoms. The summed E-state index contributed by atoms with van der Waals surface area (Å²) in [5.74, 6) is -2.25. The molecule has 0 amide bonds. The van der Waals surface area contributed by atoms with E-state index in [2.05, 4.69) is 0 Å². The first-order valence-corrected chi connectivity index (χ1v) is 6.91. The second-order valence-electron chi connectivity index (χ2n) is 6.28. The van der Waals surface area contributed by atoms with Crippen LogP contribution >= 0.6 is 0 Å². The first-order valence-electron chi connectivity index (χ1n) is 6.91. The molecule has 6 heteroatoms. The minimum atomic E-state index is -1.40. The summed E-state index contributed by atoms with van der Waals surface area (Å²) in [4.78, 5) is 12.6. The summed E-state index contributed by atoms with van der Waals surface area (Å²) < 4.78 is 0. The van der Waals surface area contributed by atoms with Crippen molar-refractivity contribution in [2.24, 2.45) is 11.8 Å². The number of hydrogen-bond acceptors (Lipinski definition) is 6. The highest BCUT2D eigenvalue weighted by Gasteiger charge is 2.52. The van der Waals surface area contributed by atoms with Gasteiger partial charge >= 0.3 is 0 Å². The van der Waals surface area contributed by atoms with Gasteiger partial charge in [-0.1, -0.05) is 0 Å². The van der Waals surface area contributed by atoms with E-state index in [1.165, 1.54) is 19.1 Å². The maximum absolute atomic E-state index is 12.6. The number of fused-ring (bicyclic) bond motifs is 2. The topological polar surface area (TPSA) is 118 Å². The molecule has 5 N–H and O–H groups in total. The van der Waals surface area contributed by atoms with Gasteiger partial charge in [-0.25, -0.2) is 0 Å². The van der Waals surface area contributed by atoms with Crippen LogP contribution in [0.25, 0.3) is 0 Å². The molecule has 1 fully saturated rings. The van der Waals surface area contributed by atoms with Gasteiger partial charge in [0.1, 0.15) is 11.5 Å². The normalized spacial score (nSPS) is 38.8. The third kappa shape index (κ3) is 1.94. The van der Waals surface area contributed by atoms with Crippen molar-refractivity contribution in [1.29, 1.82) is 0 Å². The number of phenols is 2. The SMILES string of the molecule is C[C@]1(O)C[C@H]2[C@H](C[C@H]1O)C(=O)c1c(O)ccc(O)c1[C@@H]2O. The lowest BCUT2D eigenvalue weighted by Crippen LogP contribution is -2.52. The average molecular weight is 294 g/mol. The zero-order valence-electron chi connectivity index (χ0n) is 11.5. The third-order valence-corrected chi connectivity index (χ3v) is 4.85. The van der Waals surface area contributed by atoms with Crippen LogP contribution in [0.5, 0.6) is 11.5 Å². The van der Waals surface area contributed by atoms with Gasteiger partial charge in [-0.05, 0) is 31.9 Å². The van der Waals surface area contributed by atoms with Gasteiger partial charge in [-0.15, -0.1) is 0 Å². The maximum Gasteiger partial charge on any atom is 0.170 e. The van der Waals surface area contributed by atoms with Gasteiger partial charge in [0, 0.05) is 17.4 Å². The number of carbonyl (C=O) groups excluding carboxylic acids is 1. The Morgan fingerprint density at radius 3 is 2.48 bits per heavy atom. The van der Waals surface area contributed by atoms with E-state index < -0.39 is 35.4 Å². The molecule has 21 heavy (non-hydrogen) atoms. The standard InChI is InChI=1S/C15H18O6/c1-15(21)5-7-6(4-10(15)18)13(19)11-8(16)2-3-9(17)12(11)14(7)20/h2-3,6-7,10,14,16-18,20-21H,4-5H2,1H3/t6-,7-,10+,14+,15-/m0/s1. The minimum absolute atomic E-state index is 0.00781. The average Bonchev–Trinajstić information content (AvgIpc) is 2.40. The lowest BCUT2D eigenvalue weighted by atomic mass is 9.62. The monoisotopic (exact) mass is 294 g/mol. The molecule has 0 aliphatic heterocycles. The van der Waals surface area contributed by atoms with E-state index in [9.17, 15) is 30.3 Å². The molecular weight excluding hydrogens is 276 g/mol. The van der Waals surface area contributed by atoms with Crippen LogP contribution in [-0.4, -0.2) is 43.0 Å². The Kier molecular flexibility index (Phi) is 3.02. The molecule has 1 aromatic carbocycles. The fourth-order valence-corrected chi connectivity index (χ4v) is 3.61. The molecule has 114 valence electrons. The predicted molar refractivity (Wildman–Crippen MR) is 71.9 cm³/mol. The molecule has 1 saturated carbocycles. The smallest absolute Gasteiger partial charge is 0.170 e. The highest BCUT2D eigenvalue weighted by atomic mass is 16.3. The van der Waals surface area contributed by atoms with E-state index in [4.69, 9.17) is 0 Å². The summed E-state index contributed by atoms with van der Waals surface area (Å²) in [6.45, 7) is 1.46. The first-order chi connectivity index (χ1) is 9.74. The number of aliphatic hydroxyl groups is 3. The van der Waals surface area contributed by atoms with E-state index in [-0.39, 0.29) is 35.5 Å². The number of benzene rings is 1. The van der Waals surface area contributed by atoms with Crippen molar-refractivity contribution < 1.29 is 30.3 Å². The van der Waals surface area contributed by atoms with Crippen molar-refractivity contribution in [1.82, 2.24) is 0 Å². The van der Waals surface area contributed by atoms with E-state index in [1.54, 1.807) is 0 Å². The van der Waals surface area contributed by atoms with Gasteiger partial charge in [-0.2, -0.15) is 0 Å². The molecule has 6 nitrogen and oxygen atoms in total. The van der Waals surface area contributed by atoms with Crippen molar-refractivity contribution in [2.75, 3.05) is 0 Å². The molecule has 5 atom stereocenters. The Balaban J connectivity index is 2.14. The van der Waals surface area contributed by atoms with Gasteiger partial charge in [0.05, 0.1) is 23.4 Å². The molecule has 0 heterocycles. The Hall–Kier alpha value is -1.63. The van der Waals surface area contributed by atoms with Crippen LogP contribution in [0.1, 0.15) is 41.8 Å². The van der Waals surface area contributed by atoms with Crippen LogP contribution in [0.3, 0.4) is 0 Å². The van der Waals surface area contributed by atoms with Gasteiger partial charge in [0.25, 0.3) is 0 Å². The van der Waals surface area contributed by atoms with Crippen LogP contribution in [0, 0.1) is 11.8 Å². The van der Waals surface area contributed by atoms with Gasteiger partial charge < -0.3 is 25.5 Å². The van der Waals surface area contributed by atoms with Crippen LogP contribution in [0.15, 0.2) is 12.1 Å². The first kappa shape index (κ1) is 14.3. The number of aromatic hydroxyl groups is 2. The van der Waals surface area contributed by atoms with E-state index in [1.807, 2.05) is 0 Å². The Bertz CT molecular complexity index is 608. The molecule has 0 bridgehead atoms. The summed E-state index contributed by atoms with van der Waals surface area (Å²) >= 11 is 0. The zero-order chi connectivity index (χ0) is 15.5. The Labute approximate surface area is 121 Å². The van der Waals surface area contributed by atoms with Crippen molar-refractivity contribution in [3.8, 4) is 11.5 Å². The quantitative estimate of drug-likeness (QED) is 0.444. The molecule has 0 radical (unpaired) electrons. The van der Waals surface area contributed by atoms with Crippen molar-refractivity contribution >= 4 is 5.78 Å². The molecule has 3 rings (SSSR count). The van der Waals surface area contributed by atoms with Crippen molar-refractivity contribution in [3.63, 3.8) is 0 Å². The van der Waals surface area contributed by atoms with Gasteiger partial charge in [-0.3, -0.25) is 4.79 Å². The third-order valence-electron chi connectivity index (χ3n) is 4.85. The summed E-state index contributed by atoms with van der Waals surface area (Å²) in [7, 11) is 0. The Morgan fingerprint density at radius 2 is 1.81 bits per heavy atom. The molecule has 1 aromatic rings. The van der Waals surface area contributed by atoms with E-state index in [0.29, 0.717) is 0 Å². The number of rotatable bonds is 0. The fourth-order valence-electron chi connectivity index (χ4n) is 3.61. The Morgan fingerprint density at radius 1 is 1.19 bits per heavy atom. The number of hydrogen-bond donors (Lipinski definition) is 5. The highest BCUT2D eigenvalue weighted by Crippen LogP contribution is 2.51. The second-order valence-corrected chi connectivity index (χ2v) is 6.28.